The van der Waals surface area contributed by atoms with Crippen LogP contribution in [0.15, 0.2) is 279 Å². The maximum atomic E-state index is 5.28. The van der Waals surface area contributed by atoms with Crippen molar-refractivity contribution in [2.45, 2.75) is 11.8 Å². The molecule has 88 heavy (non-hydrogen) atoms. The van der Waals surface area contributed by atoms with Crippen molar-refractivity contribution < 1.29 is 0 Å². The van der Waals surface area contributed by atoms with Crippen molar-refractivity contribution in [3.63, 3.8) is 0 Å². The lowest BCUT2D eigenvalue weighted by atomic mass is 9.61. The third-order valence-corrected chi connectivity index (χ3v) is 17.0. The minimum Gasteiger partial charge on any atom is -0.228 e. The molecule has 10 heteroatoms. The molecule has 2 atom stereocenters. The SMILES string of the molecule is c1ccc(-c2nc(-c3ccc(-c4nc(-c5ccccc5)nc5ccccc45)cc3)nc(-c3ccc4c(c3)C3c5ccccc5C4c4cc(-c5nc(-c6ccccc6)nc(-c6ccc(-c7nc(-c8ccccc8)nc8ccccc78)cc6)n5)ccc43)n2)cc1. The molecule has 2 unspecified atom stereocenters. The molecule has 0 saturated carbocycles. The predicted octanol–water partition coefficient (Wildman–Crippen LogP) is 17.6. The van der Waals surface area contributed by atoms with Gasteiger partial charge in [-0.15, -0.1) is 0 Å². The number of aromatic nitrogens is 10. The highest BCUT2D eigenvalue weighted by Gasteiger charge is 2.42. The van der Waals surface area contributed by atoms with Crippen LogP contribution in [0.5, 0.6) is 0 Å². The Hall–Kier alpha value is -11.9. The molecule has 4 aromatic heterocycles. The summed E-state index contributed by atoms with van der Waals surface area (Å²) in [7, 11) is 0. The summed E-state index contributed by atoms with van der Waals surface area (Å²) >= 11 is 0. The minimum atomic E-state index is -0.0361. The first-order valence-corrected chi connectivity index (χ1v) is 29.4. The van der Waals surface area contributed by atoms with Crippen LogP contribution in [0.4, 0.5) is 0 Å². The molecular weight excluding hydrogens is 1080 g/mol. The van der Waals surface area contributed by atoms with Crippen molar-refractivity contribution in [3.8, 4) is 114 Å². The Balaban J connectivity index is 0.734. The van der Waals surface area contributed by atoms with Crippen LogP contribution >= 0.6 is 0 Å². The van der Waals surface area contributed by atoms with E-state index in [1.807, 2.05) is 158 Å². The fourth-order valence-electron chi connectivity index (χ4n) is 12.8. The number of nitrogens with zero attached hydrogens (tertiary/aromatic N) is 10. The van der Waals surface area contributed by atoms with Gasteiger partial charge in [-0.2, -0.15) is 0 Å². The quantitative estimate of drug-likeness (QED) is 0.130. The summed E-state index contributed by atoms with van der Waals surface area (Å²) in [6, 6.07) is 96.1. The van der Waals surface area contributed by atoms with Crippen LogP contribution in [0.25, 0.3) is 135 Å². The summed E-state index contributed by atoms with van der Waals surface area (Å²) < 4.78 is 0. The van der Waals surface area contributed by atoms with Gasteiger partial charge < -0.3 is 0 Å². The van der Waals surface area contributed by atoms with Crippen LogP contribution in [0.2, 0.25) is 0 Å². The fourth-order valence-corrected chi connectivity index (χ4v) is 12.8. The smallest absolute Gasteiger partial charge is 0.164 e. The summed E-state index contributed by atoms with van der Waals surface area (Å²) in [4.78, 5) is 51.4. The molecule has 0 amide bonds. The Morgan fingerprint density at radius 2 is 0.420 bits per heavy atom. The molecular formula is C78H48N10. The molecule has 0 saturated heterocycles. The molecule has 15 aromatic rings. The lowest BCUT2D eigenvalue weighted by Crippen LogP contribution is -2.27. The molecule has 3 aliphatic rings. The van der Waals surface area contributed by atoms with Gasteiger partial charge in [-0.3, -0.25) is 0 Å². The lowest BCUT2D eigenvalue weighted by Gasteiger charge is -2.42. The van der Waals surface area contributed by atoms with Crippen LogP contribution < -0.4 is 0 Å². The van der Waals surface area contributed by atoms with Gasteiger partial charge in [0.15, 0.2) is 46.6 Å². The average Bonchev–Trinajstić information content (AvgIpc) is 0.882. The van der Waals surface area contributed by atoms with Gasteiger partial charge in [0.2, 0.25) is 0 Å². The second kappa shape index (κ2) is 21.0. The van der Waals surface area contributed by atoms with Crippen LogP contribution in [-0.4, -0.2) is 49.8 Å². The molecule has 10 nitrogen and oxygen atoms in total. The Morgan fingerprint density at radius 3 is 0.773 bits per heavy atom. The van der Waals surface area contributed by atoms with Crippen molar-refractivity contribution in [2.24, 2.45) is 0 Å². The molecule has 4 heterocycles. The lowest BCUT2D eigenvalue weighted by molar-refractivity contribution is 0.754. The molecule has 0 spiro atoms. The number of hydrogen-bond acceptors (Lipinski definition) is 10. The van der Waals surface area contributed by atoms with Crippen LogP contribution in [0.1, 0.15) is 45.2 Å². The van der Waals surface area contributed by atoms with Crippen molar-refractivity contribution in [1.29, 1.82) is 0 Å². The van der Waals surface area contributed by atoms with Gasteiger partial charge in [-0.05, 0) is 57.6 Å². The zero-order valence-corrected chi connectivity index (χ0v) is 47.2. The van der Waals surface area contributed by atoms with E-state index >= 15 is 0 Å². The number of fused-ring (bicyclic) bond motifs is 2. The Labute approximate surface area is 506 Å². The van der Waals surface area contributed by atoms with Crippen molar-refractivity contribution in [3.05, 3.63) is 312 Å². The number of rotatable bonds is 10. The van der Waals surface area contributed by atoms with Crippen LogP contribution in [0, 0.1) is 0 Å². The Morgan fingerprint density at radius 1 is 0.170 bits per heavy atom. The Kier molecular flexibility index (Phi) is 12.1. The maximum Gasteiger partial charge on any atom is 0.164 e. The number of para-hydroxylation sites is 2. The van der Waals surface area contributed by atoms with Gasteiger partial charge in [0.1, 0.15) is 0 Å². The second-order valence-corrected chi connectivity index (χ2v) is 22.2. The first kappa shape index (κ1) is 50.6. The third kappa shape index (κ3) is 8.89. The van der Waals surface area contributed by atoms with Gasteiger partial charge in [0.05, 0.1) is 22.4 Å². The van der Waals surface area contributed by atoms with E-state index in [1.165, 1.54) is 33.4 Å². The molecule has 0 radical (unpaired) electrons. The molecule has 0 fully saturated rings. The molecule has 2 bridgehead atoms. The average molecular weight is 1130 g/mol. The zero-order chi connectivity index (χ0) is 58.1. The number of benzene rings is 11. The topological polar surface area (TPSA) is 129 Å². The molecule has 3 aliphatic carbocycles. The first-order valence-electron chi connectivity index (χ1n) is 29.4. The molecule has 0 N–H and O–H groups in total. The minimum absolute atomic E-state index is 0.0361. The summed E-state index contributed by atoms with van der Waals surface area (Å²) in [5.74, 6) is 4.86. The highest BCUT2D eigenvalue weighted by atomic mass is 15.0. The highest BCUT2D eigenvalue weighted by molar-refractivity contribution is 5.95. The number of hydrogen-bond donors (Lipinski definition) is 0. The zero-order valence-electron chi connectivity index (χ0n) is 47.2. The summed E-state index contributed by atoms with van der Waals surface area (Å²) in [6.07, 6.45) is 0. The van der Waals surface area contributed by atoms with Gasteiger partial charge in [-0.1, -0.05) is 255 Å². The summed E-state index contributed by atoms with van der Waals surface area (Å²) in [6.45, 7) is 0. The third-order valence-electron chi connectivity index (χ3n) is 17.0. The van der Waals surface area contributed by atoms with Gasteiger partial charge in [-0.25, -0.2) is 49.8 Å². The van der Waals surface area contributed by atoms with Crippen LogP contribution in [0.3, 0.4) is 0 Å². The van der Waals surface area contributed by atoms with E-state index in [4.69, 9.17) is 49.8 Å². The monoisotopic (exact) mass is 1120 g/mol. The van der Waals surface area contributed by atoms with E-state index in [9.17, 15) is 0 Å². The largest absolute Gasteiger partial charge is 0.228 e. The summed E-state index contributed by atoms with van der Waals surface area (Å²) in [5, 5.41) is 1.96. The van der Waals surface area contributed by atoms with Gasteiger partial charge in [0.25, 0.3) is 0 Å². The Bertz CT molecular complexity index is 4870. The highest BCUT2D eigenvalue weighted by Crippen LogP contribution is 2.57. The van der Waals surface area contributed by atoms with E-state index in [2.05, 4.69) is 121 Å². The van der Waals surface area contributed by atoms with Crippen molar-refractivity contribution >= 4 is 21.8 Å². The van der Waals surface area contributed by atoms with E-state index < -0.39 is 0 Å². The van der Waals surface area contributed by atoms with Crippen molar-refractivity contribution in [2.75, 3.05) is 0 Å². The first-order chi connectivity index (χ1) is 43.6. The second-order valence-electron chi connectivity index (χ2n) is 22.2. The van der Waals surface area contributed by atoms with Crippen molar-refractivity contribution in [1.82, 2.24) is 49.8 Å². The molecule has 0 aliphatic heterocycles. The molecule has 410 valence electrons. The van der Waals surface area contributed by atoms with Gasteiger partial charge >= 0.3 is 0 Å². The van der Waals surface area contributed by atoms with E-state index in [-0.39, 0.29) is 11.8 Å². The fraction of sp³-hybridized carbons (Fsp3) is 0.0256. The summed E-state index contributed by atoms with van der Waals surface area (Å²) in [5.41, 5.74) is 20.3. The van der Waals surface area contributed by atoms with E-state index in [1.54, 1.807) is 0 Å². The van der Waals surface area contributed by atoms with E-state index in [0.29, 0.717) is 46.6 Å². The molecule has 18 rings (SSSR count). The predicted molar refractivity (Wildman–Crippen MR) is 349 cm³/mol. The normalized spacial score (nSPS) is 13.7. The van der Waals surface area contributed by atoms with E-state index in [0.717, 1.165) is 88.8 Å². The standard InChI is InChI=1S/C78H48N10/c1-5-19-49(20-6-1)71-79-65-31-17-15-29-61(65)69(81-71)47-33-37-53(38-34-47)75-83-73(51-23-9-3-10-24-51)85-77(87-75)55-41-43-59-63(45-55)67-57-27-13-14-28-58(57)68(59)64-46-56(42-44-60(64)67)78-86-74(52-25-11-4-12-26-52)84-76(88-78)54-39-35-48(36-40-54)70-62-30-16-18-32-66(62)80-72(82-70)50-21-7-2-8-22-50/h1-46,67-68H. The maximum absolute atomic E-state index is 5.28. The van der Waals surface area contributed by atoms with Gasteiger partial charge in [0, 0.05) is 78.2 Å². The van der Waals surface area contributed by atoms with Crippen LogP contribution in [-0.2, 0) is 0 Å². The molecule has 11 aromatic carbocycles.